The molecular formula is C40H39N11O8S2. The summed E-state index contributed by atoms with van der Waals surface area (Å²) >= 11 is 0. The number of ether oxygens (including phenoxy) is 2. The molecule has 6 aromatic rings. The quantitative estimate of drug-likeness (QED) is 0.0845. The van der Waals surface area contributed by atoms with Gasteiger partial charge in [-0.15, -0.1) is 0 Å². The molecule has 4 aromatic carbocycles. The molecule has 0 unspecified atom stereocenters. The molecule has 2 aliphatic heterocycles. The molecule has 4 N–H and O–H groups in total. The summed E-state index contributed by atoms with van der Waals surface area (Å²) < 4.78 is 78.4. The second-order valence-electron chi connectivity index (χ2n) is 13.6. The Morgan fingerprint density at radius 2 is 1.07 bits per heavy atom. The van der Waals surface area contributed by atoms with Crippen molar-refractivity contribution >= 4 is 85.1 Å². The van der Waals surface area contributed by atoms with E-state index in [2.05, 4.69) is 10.6 Å². The maximum atomic E-state index is 12.2. The number of morpholine rings is 2. The molecule has 4 heterocycles. The third-order valence-electron chi connectivity index (χ3n) is 9.44. The molecule has 0 spiro atoms. The molecule has 19 nitrogen and oxygen atoms in total. The van der Waals surface area contributed by atoms with Gasteiger partial charge in [0.1, 0.15) is 4.90 Å². The van der Waals surface area contributed by atoms with E-state index in [9.17, 15) is 25.9 Å². The molecule has 2 aromatic heterocycles. The monoisotopic (exact) mass is 865 g/mol. The summed E-state index contributed by atoms with van der Waals surface area (Å²) in [5.41, 5.74) is 2.62. The van der Waals surface area contributed by atoms with Gasteiger partial charge in [0.25, 0.3) is 20.2 Å². The first-order valence-electron chi connectivity index (χ1n) is 19.0. The first kappa shape index (κ1) is 41.1. The zero-order valence-corrected chi connectivity index (χ0v) is 33.9. The van der Waals surface area contributed by atoms with Gasteiger partial charge in [-0.1, -0.05) is 66.7 Å². The Hall–Kier alpha value is -6.62. The van der Waals surface area contributed by atoms with E-state index >= 15 is 0 Å². The van der Waals surface area contributed by atoms with Crippen molar-refractivity contribution in [2.75, 3.05) is 77.9 Å². The number of anilines is 9. The number of nitrogens with one attached hydrogen (secondary N) is 2. The van der Waals surface area contributed by atoms with Gasteiger partial charge in [-0.25, -0.2) is 4.90 Å². The third-order valence-corrected chi connectivity index (χ3v) is 11.2. The van der Waals surface area contributed by atoms with E-state index in [0.29, 0.717) is 81.8 Å². The molecule has 2 saturated heterocycles. The van der Waals surface area contributed by atoms with Crippen LogP contribution in [0.25, 0.3) is 12.2 Å². The summed E-state index contributed by atoms with van der Waals surface area (Å²) in [5.74, 6) is 1.69. The van der Waals surface area contributed by atoms with Gasteiger partial charge in [0, 0.05) is 37.6 Å². The number of aromatic nitrogens is 6. The van der Waals surface area contributed by atoms with Crippen LogP contribution in [0.3, 0.4) is 0 Å². The van der Waals surface area contributed by atoms with E-state index in [1.165, 1.54) is 12.1 Å². The Morgan fingerprint density at radius 3 is 1.52 bits per heavy atom. The summed E-state index contributed by atoms with van der Waals surface area (Å²) in [6.07, 6.45) is 2.97. The van der Waals surface area contributed by atoms with Gasteiger partial charge >= 0.3 is 0 Å². The summed E-state index contributed by atoms with van der Waals surface area (Å²) in [7, 11) is -9.61. The standard InChI is InChI=1S/C40H39N11O8S2/c52-60(53,54)33-18-15-29(34(27-33)61(55,56)57)14-11-28-12-16-32(17-13-28)51(39-45-35(41-30-7-3-1-4-8-30)43-37(47-39)49-19-23-58-24-20-49)40-46-36(42-31-9-5-2-6-10-31)44-38(48-40)50-21-25-59-26-22-50/h1-18,27H,19-26H2,(H,52,53,54)(H,55,56,57)(H,41,43,45,47)(H,42,44,46,48). The lowest BCUT2D eigenvalue weighted by molar-refractivity contribution is 0.122. The molecule has 0 aliphatic carbocycles. The summed E-state index contributed by atoms with van der Waals surface area (Å²) in [5, 5.41) is 6.61. The smallest absolute Gasteiger partial charge is 0.295 e. The van der Waals surface area contributed by atoms with Crippen LogP contribution in [0.4, 0.5) is 52.8 Å². The Labute approximate surface area is 351 Å². The number of para-hydroxylation sites is 2. The molecule has 0 amide bonds. The van der Waals surface area contributed by atoms with Gasteiger partial charge in [-0.3, -0.25) is 9.11 Å². The average molecular weight is 866 g/mol. The normalized spacial score (nSPS) is 14.9. The maximum absolute atomic E-state index is 12.2. The van der Waals surface area contributed by atoms with E-state index in [-0.39, 0.29) is 29.4 Å². The molecule has 0 atom stereocenters. The van der Waals surface area contributed by atoms with Crippen LogP contribution in [0.1, 0.15) is 11.1 Å². The van der Waals surface area contributed by atoms with Crippen molar-refractivity contribution in [3.8, 4) is 0 Å². The highest BCUT2D eigenvalue weighted by atomic mass is 32.2. The molecule has 0 saturated carbocycles. The molecule has 0 bridgehead atoms. The van der Waals surface area contributed by atoms with Crippen LogP contribution < -0.4 is 25.3 Å². The van der Waals surface area contributed by atoms with Crippen LogP contribution in [0.5, 0.6) is 0 Å². The number of hydrogen-bond acceptors (Lipinski definition) is 17. The maximum Gasteiger partial charge on any atom is 0.295 e. The fourth-order valence-electron chi connectivity index (χ4n) is 6.41. The minimum Gasteiger partial charge on any atom is -0.378 e. The fourth-order valence-corrected chi connectivity index (χ4v) is 7.70. The van der Waals surface area contributed by atoms with Crippen molar-refractivity contribution in [2.24, 2.45) is 0 Å². The van der Waals surface area contributed by atoms with Gasteiger partial charge in [0.15, 0.2) is 0 Å². The molecule has 2 aliphatic rings. The first-order chi connectivity index (χ1) is 29.5. The lowest BCUT2D eigenvalue weighted by Crippen LogP contribution is -2.38. The Balaban J connectivity index is 1.25. The van der Waals surface area contributed by atoms with Gasteiger partial charge in [0.05, 0.1) is 37.0 Å². The van der Waals surface area contributed by atoms with Crippen molar-refractivity contribution < 1.29 is 35.4 Å². The predicted molar refractivity (Wildman–Crippen MR) is 228 cm³/mol. The molecular weight excluding hydrogens is 827 g/mol. The predicted octanol–water partition coefficient (Wildman–Crippen LogP) is 5.35. The van der Waals surface area contributed by atoms with E-state index in [1.54, 1.807) is 35.2 Å². The van der Waals surface area contributed by atoms with Gasteiger partial charge in [-0.05, 0) is 59.7 Å². The van der Waals surface area contributed by atoms with E-state index < -0.39 is 30.0 Å². The Bertz CT molecular complexity index is 2630. The van der Waals surface area contributed by atoms with Crippen LogP contribution in [0.2, 0.25) is 0 Å². The summed E-state index contributed by atoms with van der Waals surface area (Å²) in [6, 6.07) is 28.9. The highest BCUT2D eigenvalue weighted by Gasteiger charge is 2.27. The zero-order valence-electron chi connectivity index (χ0n) is 32.3. The largest absolute Gasteiger partial charge is 0.378 e. The van der Waals surface area contributed by atoms with Crippen molar-refractivity contribution in [1.29, 1.82) is 0 Å². The van der Waals surface area contributed by atoms with E-state index in [4.69, 9.17) is 39.4 Å². The molecule has 2 fully saturated rings. The van der Waals surface area contributed by atoms with Gasteiger partial charge in [-0.2, -0.15) is 46.7 Å². The van der Waals surface area contributed by atoms with Crippen LogP contribution >= 0.6 is 0 Å². The number of benzene rings is 4. The van der Waals surface area contributed by atoms with Gasteiger partial charge in [0.2, 0.25) is 35.7 Å². The molecule has 0 radical (unpaired) electrons. The Morgan fingerprint density at radius 1 is 0.574 bits per heavy atom. The summed E-state index contributed by atoms with van der Waals surface area (Å²) in [6.45, 7) is 4.14. The summed E-state index contributed by atoms with van der Waals surface area (Å²) in [4.78, 5) is 33.7. The van der Waals surface area contributed by atoms with Crippen LogP contribution in [-0.2, 0) is 29.7 Å². The number of nitrogens with zero attached hydrogens (tertiary/aromatic N) is 9. The van der Waals surface area contributed by atoms with Crippen LogP contribution in [-0.4, -0.2) is 108 Å². The second kappa shape index (κ2) is 17.9. The van der Waals surface area contributed by atoms with Crippen molar-refractivity contribution in [3.05, 3.63) is 114 Å². The van der Waals surface area contributed by atoms with Crippen molar-refractivity contribution in [3.63, 3.8) is 0 Å². The van der Waals surface area contributed by atoms with E-state index in [1.807, 2.05) is 70.5 Å². The number of hydrogen-bond donors (Lipinski definition) is 4. The van der Waals surface area contributed by atoms with Crippen molar-refractivity contribution in [2.45, 2.75) is 9.79 Å². The lowest BCUT2D eigenvalue weighted by Gasteiger charge is -2.29. The zero-order chi connectivity index (χ0) is 42.4. The first-order valence-corrected chi connectivity index (χ1v) is 21.8. The highest BCUT2D eigenvalue weighted by Crippen LogP contribution is 2.34. The van der Waals surface area contributed by atoms with E-state index in [0.717, 1.165) is 17.4 Å². The minimum absolute atomic E-state index is 0.0147. The topological polar surface area (TPSA) is 238 Å². The van der Waals surface area contributed by atoms with Crippen LogP contribution in [0.15, 0.2) is 113 Å². The fraction of sp³-hybridized carbons (Fsp3) is 0.200. The second-order valence-corrected chi connectivity index (χ2v) is 16.4. The minimum atomic E-state index is -4.87. The lowest BCUT2D eigenvalue weighted by atomic mass is 10.1. The van der Waals surface area contributed by atoms with Crippen LogP contribution in [0, 0.1) is 0 Å². The van der Waals surface area contributed by atoms with Gasteiger partial charge < -0.3 is 29.9 Å². The molecule has 61 heavy (non-hydrogen) atoms. The Kier molecular flexibility index (Phi) is 12.1. The average Bonchev–Trinajstić information content (AvgIpc) is 3.27. The molecule has 314 valence electrons. The molecule has 21 heteroatoms. The highest BCUT2D eigenvalue weighted by molar-refractivity contribution is 7.86. The SMILES string of the molecule is O=S(=O)(O)c1ccc(C=Cc2ccc(N(c3nc(Nc4ccccc4)nc(N4CCOCC4)n3)c3nc(Nc4ccccc4)nc(N4CCOCC4)n3)cc2)c(S(=O)(=O)O)c1. The van der Waals surface area contributed by atoms with Crippen molar-refractivity contribution in [1.82, 2.24) is 29.9 Å². The third kappa shape index (κ3) is 10.2. The molecule has 8 rings (SSSR count). The number of rotatable bonds is 13.